The van der Waals surface area contributed by atoms with E-state index in [1.54, 1.807) is 0 Å². The van der Waals surface area contributed by atoms with Gasteiger partial charge in [0.15, 0.2) is 5.78 Å². The van der Waals surface area contributed by atoms with Crippen LogP contribution in [0.5, 0.6) is 0 Å². The summed E-state index contributed by atoms with van der Waals surface area (Å²) >= 11 is 0. The summed E-state index contributed by atoms with van der Waals surface area (Å²) in [4.78, 5) is 11.4. The highest BCUT2D eigenvalue weighted by Crippen LogP contribution is 2.14. The standard InChI is InChI=1S/C12H24O2/c1-5-6-7-8-9-14-10-11(13)12(2,3)4/h5-10H2,1-4H3. The van der Waals surface area contributed by atoms with Crippen molar-refractivity contribution in [3.63, 3.8) is 0 Å². The molecular weight excluding hydrogens is 176 g/mol. The minimum absolute atomic E-state index is 0.188. The number of carbonyl (C=O) groups is 1. The molecule has 0 rings (SSSR count). The van der Waals surface area contributed by atoms with E-state index in [0.29, 0.717) is 0 Å². The first-order valence-corrected chi connectivity index (χ1v) is 5.59. The van der Waals surface area contributed by atoms with E-state index in [-0.39, 0.29) is 17.8 Å². The summed E-state index contributed by atoms with van der Waals surface area (Å²) in [5, 5.41) is 0. The first-order chi connectivity index (χ1) is 6.48. The van der Waals surface area contributed by atoms with Gasteiger partial charge in [-0.2, -0.15) is 0 Å². The van der Waals surface area contributed by atoms with Crippen LogP contribution in [0, 0.1) is 5.41 Å². The van der Waals surface area contributed by atoms with E-state index in [1.807, 2.05) is 20.8 Å². The molecule has 0 aromatic carbocycles. The Hall–Kier alpha value is -0.370. The molecule has 0 atom stereocenters. The van der Waals surface area contributed by atoms with Crippen LogP contribution in [0.3, 0.4) is 0 Å². The summed E-state index contributed by atoms with van der Waals surface area (Å²) in [6.45, 7) is 8.96. The monoisotopic (exact) mass is 200 g/mol. The highest BCUT2D eigenvalue weighted by atomic mass is 16.5. The van der Waals surface area contributed by atoms with Crippen LogP contribution in [0.25, 0.3) is 0 Å². The highest BCUT2D eigenvalue weighted by molar-refractivity contribution is 5.84. The molecule has 2 nitrogen and oxygen atoms in total. The van der Waals surface area contributed by atoms with Crippen molar-refractivity contribution < 1.29 is 9.53 Å². The lowest BCUT2D eigenvalue weighted by Gasteiger charge is -2.16. The SMILES string of the molecule is CCCCCCOCC(=O)C(C)(C)C. The molecule has 0 radical (unpaired) electrons. The molecule has 0 aliphatic heterocycles. The van der Waals surface area contributed by atoms with Gasteiger partial charge >= 0.3 is 0 Å². The minimum atomic E-state index is -0.260. The zero-order chi connectivity index (χ0) is 11.0. The van der Waals surface area contributed by atoms with Crippen molar-refractivity contribution in [2.24, 2.45) is 5.41 Å². The minimum Gasteiger partial charge on any atom is -0.374 e. The molecule has 0 spiro atoms. The van der Waals surface area contributed by atoms with E-state index in [2.05, 4.69) is 6.92 Å². The summed E-state index contributed by atoms with van der Waals surface area (Å²) in [6.07, 6.45) is 4.78. The van der Waals surface area contributed by atoms with Crippen molar-refractivity contribution in [1.29, 1.82) is 0 Å². The molecule has 0 saturated carbocycles. The molecule has 0 N–H and O–H groups in total. The van der Waals surface area contributed by atoms with Gasteiger partial charge in [-0.3, -0.25) is 4.79 Å². The van der Waals surface area contributed by atoms with E-state index >= 15 is 0 Å². The van der Waals surface area contributed by atoms with E-state index in [0.717, 1.165) is 13.0 Å². The van der Waals surface area contributed by atoms with Crippen molar-refractivity contribution in [2.75, 3.05) is 13.2 Å². The van der Waals surface area contributed by atoms with Gasteiger partial charge in [0.1, 0.15) is 6.61 Å². The maximum Gasteiger partial charge on any atom is 0.163 e. The molecule has 0 bridgehead atoms. The number of carbonyl (C=O) groups excluding carboxylic acids is 1. The van der Waals surface area contributed by atoms with Gasteiger partial charge in [-0.25, -0.2) is 0 Å². The second-order valence-electron chi connectivity index (χ2n) is 4.79. The average molecular weight is 200 g/mol. The van der Waals surface area contributed by atoms with E-state index in [4.69, 9.17) is 4.74 Å². The van der Waals surface area contributed by atoms with Gasteiger partial charge in [-0.1, -0.05) is 47.0 Å². The molecule has 14 heavy (non-hydrogen) atoms. The second-order valence-corrected chi connectivity index (χ2v) is 4.79. The summed E-state index contributed by atoms with van der Waals surface area (Å²) in [5.41, 5.74) is -0.260. The Labute approximate surface area is 88.0 Å². The Bertz CT molecular complexity index is 156. The average Bonchev–Trinajstić information content (AvgIpc) is 2.09. The van der Waals surface area contributed by atoms with E-state index in [9.17, 15) is 4.79 Å². The van der Waals surface area contributed by atoms with Gasteiger partial charge in [0.25, 0.3) is 0 Å². The molecule has 0 saturated heterocycles. The van der Waals surface area contributed by atoms with Gasteiger partial charge in [-0.05, 0) is 6.42 Å². The zero-order valence-electron chi connectivity index (χ0n) is 10.1. The topological polar surface area (TPSA) is 26.3 Å². The van der Waals surface area contributed by atoms with Crippen molar-refractivity contribution in [1.82, 2.24) is 0 Å². The predicted octanol–water partition coefficient (Wildman–Crippen LogP) is 3.20. The van der Waals surface area contributed by atoms with Crippen LogP contribution in [-0.4, -0.2) is 19.0 Å². The Morgan fingerprint density at radius 1 is 1.14 bits per heavy atom. The Balaban J connectivity index is 3.33. The van der Waals surface area contributed by atoms with Gasteiger partial charge in [0, 0.05) is 12.0 Å². The first kappa shape index (κ1) is 13.6. The van der Waals surface area contributed by atoms with E-state index in [1.165, 1.54) is 19.3 Å². The zero-order valence-corrected chi connectivity index (χ0v) is 10.1. The molecule has 2 heteroatoms. The van der Waals surface area contributed by atoms with Gasteiger partial charge in [0.05, 0.1) is 0 Å². The quantitative estimate of drug-likeness (QED) is 0.590. The number of hydrogen-bond acceptors (Lipinski definition) is 2. The first-order valence-electron chi connectivity index (χ1n) is 5.59. The molecular formula is C12H24O2. The van der Waals surface area contributed by atoms with Crippen LogP contribution in [0.4, 0.5) is 0 Å². The largest absolute Gasteiger partial charge is 0.374 e. The predicted molar refractivity (Wildman–Crippen MR) is 59.4 cm³/mol. The molecule has 84 valence electrons. The lowest BCUT2D eigenvalue weighted by Crippen LogP contribution is -2.25. The summed E-state index contributed by atoms with van der Waals surface area (Å²) in [5.74, 6) is 0.188. The van der Waals surface area contributed by atoms with Crippen LogP contribution in [0.1, 0.15) is 53.4 Å². The van der Waals surface area contributed by atoms with Gasteiger partial charge in [-0.15, -0.1) is 0 Å². The number of ketones is 1. The van der Waals surface area contributed by atoms with Crippen LogP contribution < -0.4 is 0 Å². The molecule has 0 unspecified atom stereocenters. The molecule has 0 fully saturated rings. The van der Waals surface area contributed by atoms with Crippen LogP contribution in [0.2, 0.25) is 0 Å². The Kier molecular flexibility index (Phi) is 6.81. The Morgan fingerprint density at radius 2 is 1.79 bits per heavy atom. The van der Waals surface area contributed by atoms with Crippen LogP contribution in [-0.2, 0) is 9.53 Å². The normalized spacial score (nSPS) is 11.7. The molecule has 0 aliphatic rings. The number of hydrogen-bond donors (Lipinski definition) is 0. The molecule has 0 aromatic rings. The fourth-order valence-electron chi connectivity index (χ4n) is 1.01. The van der Waals surface area contributed by atoms with Gasteiger partial charge < -0.3 is 4.74 Å². The maximum absolute atomic E-state index is 11.4. The molecule has 0 aromatic heterocycles. The van der Waals surface area contributed by atoms with Crippen LogP contribution in [0.15, 0.2) is 0 Å². The van der Waals surface area contributed by atoms with Crippen molar-refractivity contribution in [2.45, 2.75) is 53.4 Å². The number of rotatable bonds is 7. The summed E-state index contributed by atoms with van der Waals surface area (Å²) in [7, 11) is 0. The molecule has 0 amide bonds. The highest BCUT2D eigenvalue weighted by Gasteiger charge is 2.20. The Morgan fingerprint density at radius 3 is 2.29 bits per heavy atom. The molecule has 0 heterocycles. The van der Waals surface area contributed by atoms with Crippen molar-refractivity contribution >= 4 is 5.78 Å². The second kappa shape index (κ2) is 6.99. The lowest BCUT2D eigenvalue weighted by atomic mass is 9.91. The third kappa shape index (κ3) is 7.07. The van der Waals surface area contributed by atoms with E-state index < -0.39 is 0 Å². The fourth-order valence-corrected chi connectivity index (χ4v) is 1.01. The third-order valence-electron chi connectivity index (χ3n) is 2.21. The maximum atomic E-state index is 11.4. The smallest absolute Gasteiger partial charge is 0.163 e. The van der Waals surface area contributed by atoms with Crippen molar-refractivity contribution in [3.8, 4) is 0 Å². The number of ether oxygens (including phenoxy) is 1. The number of Topliss-reactive ketones (excluding diaryl/α,β-unsaturated/α-hetero) is 1. The number of unbranched alkanes of at least 4 members (excludes halogenated alkanes) is 3. The van der Waals surface area contributed by atoms with Gasteiger partial charge in [0.2, 0.25) is 0 Å². The molecule has 0 aliphatic carbocycles. The summed E-state index contributed by atoms with van der Waals surface area (Å²) < 4.78 is 5.32. The van der Waals surface area contributed by atoms with Crippen LogP contribution >= 0.6 is 0 Å². The fraction of sp³-hybridized carbons (Fsp3) is 0.917. The summed E-state index contributed by atoms with van der Waals surface area (Å²) in [6, 6.07) is 0. The lowest BCUT2D eigenvalue weighted by molar-refractivity contribution is -0.131. The third-order valence-corrected chi connectivity index (χ3v) is 2.21. The van der Waals surface area contributed by atoms with Crippen molar-refractivity contribution in [3.05, 3.63) is 0 Å².